The Hall–Kier alpha value is -3.31. The summed E-state index contributed by atoms with van der Waals surface area (Å²) in [5.41, 5.74) is 0.467. The molecule has 0 N–H and O–H groups in total. The summed E-state index contributed by atoms with van der Waals surface area (Å²) in [4.78, 5) is 26.7. The predicted octanol–water partition coefficient (Wildman–Crippen LogP) is 4.98. The number of hydrogen-bond acceptors (Lipinski definition) is 6. The lowest BCUT2D eigenvalue weighted by molar-refractivity contribution is -0.0578. The first-order chi connectivity index (χ1) is 22.2. The highest BCUT2D eigenvalue weighted by Gasteiger charge is 2.51. The minimum absolute atomic E-state index is 0.173. The van der Waals surface area contributed by atoms with E-state index in [0.29, 0.717) is 24.5 Å². The van der Waals surface area contributed by atoms with E-state index in [1.807, 2.05) is 42.5 Å². The number of rotatable bonds is 13. The van der Waals surface area contributed by atoms with Gasteiger partial charge in [0, 0.05) is 24.1 Å². The van der Waals surface area contributed by atoms with Crippen LogP contribution in [0, 0.1) is 6.92 Å². The molecule has 8 nitrogen and oxygen atoms in total. The molecule has 10 heteroatoms. The molecule has 4 aromatic rings. The van der Waals surface area contributed by atoms with E-state index in [2.05, 4.69) is 69.3 Å². The third-order valence-corrected chi connectivity index (χ3v) is 13.6. The van der Waals surface area contributed by atoms with Crippen LogP contribution in [0.25, 0.3) is 0 Å². The first-order valence-corrected chi connectivity index (χ1v) is 18.1. The molecular weight excluding hydrogens is 620 g/mol. The van der Waals surface area contributed by atoms with Gasteiger partial charge in [0.15, 0.2) is 0 Å². The SMILES string of the molecule is Cc1cn([C@H]2C[C@H](OCCCl)[C@@H](CO[Si](c3ccccc3)(c3ccccc3)C(C)(C)C)O2)c(=O)n(COCc2ccccc2)c1=O. The van der Waals surface area contributed by atoms with Gasteiger partial charge in [0.2, 0.25) is 0 Å². The van der Waals surface area contributed by atoms with Crippen LogP contribution in [-0.2, 0) is 32.0 Å². The molecule has 0 spiro atoms. The van der Waals surface area contributed by atoms with Crippen LogP contribution in [0.15, 0.2) is 107 Å². The summed E-state index contributed by atoms with van der Waals surface area (Å²) in [5, 5.41) is 2.11. The maximum absolute atomic E-state index is 13.7. The lowest BCUT2D eigenvalue weighted by Gasteiger charge is -2.43. The highest BCUT2D eigenvalue weighted by molar-refractivity contribution is 6.99. The summed E-state index contributed by atoms with van der Waals surface area (Å²) in [6, 6.07) is 30.5. The van der Waals surface area contributed by atoms with Gasteiger partial charge in [0.1, 0.15) is 19.1 Å². The minimum atomic E-state index is -2.85. The Bertz CT molecular complexity index is 1630. The Balaban J connectivity index is 1.43. The van der Waals surface area contributed by atoms with Gasteiger partial charge < -0.3 is 18.6 Å². The van der Waals surface area contributed by atoms with E-state index in [4.69, 9.17) is 30.2 Å². The van der Waals surface area contributed by atoms with Crippen LogP contribution >= 0.6 is 11.6 Å². The summed E-state index contributed by atoms with van der Waals surface area (Å²) in [6.45, 7) is 9.05. The molecular formula is C36H43ClN2O6Si. The van der Waals surface area contributed by atoms with E-state index in [9.17, 15) is 9.59 Å². The number of aryl methyl sites for hydroxylation is 1. The number of halogens is 1. The van der Waals surface area contributed by atoms with Crippen molar-refractivity contribution < 1.29 is 18.6 Å². The van der Waals surface area contributed by atoms with Crippen LogP contribution in [0.2, 0.25) is 5.04 Å². The summed E-state index contributed by atoms with van der Waals surface area (Å²) >= 11 is 6.03. The molecule has 3 atom stereocenters. The molecule has 0 unspecified atom stereocenters. The summed E-state index contributed by atoms with van der Waals surface area (Å²) in [5.74, 6) is 0.326. The second-order valence-electron chi connectivity index (χ2n) is 12.6. The fourth-order valence-corrected chi connectivity index (χ4v) is 10.9. The molecule has 0 radical (unpaired) electrons. The standard InChI is InChI=1S/C36H43ClN2O6Si/c1-27-23-38(35(41)39(34(27)40)26-42-24-28-14-8-5-9-15-28)33-22-31(43-21-20-37)32(45-33)25-44-46(36(2,3)4,29-16-10-6-11-17-29)30-18-12-7-13-19-30/h5-19,23,31-33H,20-22,24-26H2,1-4H3/t31-,32+,33+/m0/s1. The molecule has 1 aromatic heterocycles. The topological polar surface area (TPSA) is 80.9 Å². The zero-order valence-electron chi connectivity index (χ0n) is 26.9. The van der Waals surface area contributed by atoms with Gasteiger partial charge in [-0.3, -0.25) is 9.36 Å². The second kappa shape index (κ2) is 15.1. The van der Waals surface area contributed by atoms with Crippen molar-refractivity contribution in [3.8, 4) is 0 Å². The monoisotopic (exact) mass is 662 g/mol. The zero-order chi connectivity index (χ0) is 32.7. The van der Waals surface area contributed by atoms with Gasteiger partial charge in [-0.1, -0.05) is 112 Å². The van der Waals surface area contributed by atoms with Gasteiger partial charge >= 0.3 is 5.69 Å². The summed E-state index contributed by atoms with van der Waals surface area (Å²) < 4.78 is 28.3. The molecule has 0 amide bonds. The Morgan fingerprint density at radius 2 is 1.50 bits per heavy atom. The summed E-state index contributed by atoms with van der Waals surface area (Å²) in [7, 11) is -2.85. The van der Waals surface area contributed by atoms with E-state index >= 15 is 0 Å². The van der Waals surface area contributed by atoms with Crippen molar-refractivity contribution in [1.82, 2.24) is 9.13 Å². The molecule has 46 heavy (non-hydrogen) atoms. The Morgan fingerprint density at radius 1 is 0.913 bits per heavy atom. The Labute approximate surface area is 276 Å². The summed E-state index contributed by atoms with van der Waals surface area (Å²) in [6.07, 6.45) is 0.446. The molecule has 0 saturated carbocycles. The molecule has 1 aliphatic heterocycles. The van der Waals surface area contributed by atoms with Crippen LogP contribution in [0.5, 0.6) is 0 Å². The maximum Gasteiger partial charge on any atom is 0.335 e. The van der Waals surface area contributed by atoms with Crippen molar-refractivity contribution in [3.63, 3.8) is 0 Å². The molecule has 2 heterocycles. The Morgan fingerprint density at radius 3 is 2.07 bits per heavy atom. The number of hydrogen-bond donors (Lipinski definition) is 0. The third kappa shape index (κ3) is 7.30. The number of alkyl halides is 1. The minimum Gasteiger partial charge on any atom is -0.405 e. The van der Waals surface area contributed by atoms with Crippen molar-refractivity contribution in [1.29, 1.82) is 0 Å². The fourth-order valence-electron chi connectivity index (χ4n) is 6.27. The molecule has 1 aliphatic rings. The molecule has 1 saturated heterocycles. The largest absolute Gasteiger partial charge is 0.405 e. The van der Waals surface area contributed by atoms with E-state index in [-0.39, 0.29) is 31.1 Å². The molecule has 1 fully saturated rings. The second-order valence-corrected chi connectivity index (χ2v) is 17.3. The van der Waals surface area contributed by atoms with Gasteiger partial charge in [-0.15, -0.1) is 11.6 Å². The number of benzene rings is 3. The lowest BCUT2D eigenvalue weighted by Crippen LogP contribution is -2.67. The van der Waals surface area contributed by atoms with Crippen LogP contribution in [0.3, 0.4) is 0 Å². The highest BCUT2D eigenvalue weighted by atomic mass is 35.5. The van der Waals surface area contributed by atoms with Crippen molar-refractivity contribution in [2.24, 2.45) is 0 Å². The molecule has 3 aromatic carbocycles. The molecule has 0 aliphatic carbocycles. The first kappa shape index (κ1) is 34.0. The van der Waals surface area contributed by atoms with E-state index in [0.717, 1.165) is 20.5 Å². The van der Waals surface area contributed by atoms with E-state index < -0.39 is 31.9 Å². The van der Waals surface area contributed by atoms with Crippen LogP contribution in [-0.4, -0.2) is 48.8 Å². The quantitative estimate of drug-likeness (QED) is 0.148. The zero-order valence-corrected chi connectivity index (χ0v) is 28.7. The van der Waals surface area contributed by atoms with Crippen LogP contribution in [0.4, 0.5) is 0 Å². The number of nitrogens with zero attached hydrogens (tertiary/aromatic N) is 2. The normalized spacial score (nSPS) is 18.6. The van der Waals surface area contributed by atoms with Crippen molar-refractivity contribution >= 4 is 30.3 Å². The first-order valence-electron chi connectivity index (χ1n) is 15.7. The predicted molar refractivity (Wildman–Crippen MR) is 183 cm³/mol. The molecule has 0 bridgehead atoms. The van der Waals surface area contributed by atoms with Crippen molar-refractivity contribution in [2.75, 3.05) is 19.1 Å². The third-order valence-electron chi connectivity index (χ3n) is 8.48. The highest BCUT2D eigenvalue weighted by Crippen LogP contribution is 2.38. The Kier molecular flexibility index (Phi) is 11.1. The van der Waals surface area contributed by atoms with Crippen molar-refractivity contribution in [2.45, 2.75) is 70.9 Å². The van der Waals surface area contributed by atoms with Gasteiger partial charge in [-0.2, -0.15) is 0 Å². The van der Waals surface area contributed by atoms with Gasteiger partial charge in [0.25, 0.3) is 13.9 Å². The van der Waals surface area contributed by atoms with Gasteiger partial charge in [-0.05, 0) is 27.9 Å². The average molecular weight is 663 g/mol. The maximum atomic E-state index is 13.7. The van der Waals surface area contributed by atoms with Crippen LogP contribution in [0.1, 0.15) is 44.5 Å². The average Bonchev–Trinajstić information content (AvgIpc) is 3.47. The number of ether oxygens (including phenoxy) is 3. The van der Waals surface area contributed by atoms with E-state index in [1.54, 1.807) is 13.1 Å². The fraction of sp³-hybridized carbons (Fsp3) is 0.389. The van der Waals surface area contributed by atoms with Gasteiger partial charge in [-0.25, -0.2) is 9.36 Å². The van der Waals surface area contributed by atoms with Crippen molar-refractivity contribution in [3.05, 3.63) is 129 Å². The van der Waals surface area contributed by atoms with E-state index in [1.165, 1.54) is 4.57 Å². The van der Waals surface area contributed by atoms with Crippen LogP contribution < -0.4 is 21.6 Å². The number of aromatic nitrogens is 2. The lowest BCUT2D eigenvalue weighted by atomic mass is 10.2. The smallest absolute Gasteiger partial charge is 0.335 e. The molecule has 5 rings (SSSR count). The van der Waals surface area contributed by atoms with Gasteiger partial charge in [0.05, 0.1) is 25.9 Å². The molecule has 244 valence electrons.